The summed E-state index contributed by atoms with van der Waals surface area (Å²) in [5.74, 6) is 4.70. The molecule has 4 aliphatic carbocycles. The Morgan fingerprint density at radius 3 is 2.36 bits per heavy atom. The van der Waals surface area contributed by atoms with Crippen molar-refractivity contribution in [3.63, 3.8) is 0 Å². The summed E-state index contributed by atoms with van der Waals surface area (Å²) in [7, 11) is 0. The molecule has 0 aromatic heterocycles. The van der Waals surface area contributed by atoms with Gasteiger partial charge in [-0.25, -0.2) is 0 Å². The highest BCUT2D eigenvalue weighted by molar-refractivity contribution is 5.07. The van der Waals surface area contributed by atoms with E-state index in [4.69, 9.17) is 0 Å². The minimum absolute atomic E-state index is 0.00464. The van der Waals surface area contributed by atoms with Crippen LogP contribution in [0.1, 0.15) is 85.0 Å². The van der Waals surface area contributed by atoms with Gasteiger partial charge in [-0.3, -0.25) is 0 Å². The van der Waals surface area contributed by atoms with Crippen LogP contribution in [-0.4, -0.2) is 11.2 Å². The predicted molar refractivity (Wildman–Crippen MR) is 91.5 cm³/mol. The van der Waals surface area contributed by atoms with Gasteiger partial charge in [-0.1, -0.05) is 27.2 Å². The van der Waals surface area contributed by atoms with E-state index in [1.54, 1.807) is 0 Å². The van der Waals surface area contributed by atoms with E-state index in [0.717, 1.165) is 42.4 Å². The van der Waals surface area contributed by atoms with Crippen molar-refractivity contribution in [2.45, 2.75) is 91.1 Å². The van der Waals surface area contributed by atoms with Crippen molar-refractivity contribution < 1.29 is 5.11 Å². The van der Waals surface area contributed by atoms with Gasteiger partial charge in [0.15, 0.2) is 0 Å². The first-order valence-electron chi connectivity index (χ1n) is 10.1. The van der Waals surface area contributed by atoms with E-state index in [1.165, 1.54) is 51.4 Å². The van der Waals surface area contributed by atoms with Crippen molar-refractivity contribution in [3.05, 3.63) is 0 Å². The van der Waals surface area contributed by atoms with E-state index in [1.807, 2.05) is 0 Å². The summed E-state index contributed by atoms with van der Waals surface area (Å²) in [6, 6.07) is 0. The maximum Gasteiger partial charge on any atom is 0.0543 e. The summed E-state index contributed by atoms with van der Waals surface area (Å²) in [6.07, 6.45) is 13.7. The maximum atomic E-state index is 10.2. The lowest BCUT2D eigenvalue weighted by Gasteiger charge is -2.56. The molecule has 0 bridgehead atoms. The highest BCUT2D eigenvalue weighted by atomic mass is 16.3. The lowest BCUT2D eigenvalue weighted by Crippen LogP contribution is -2.49. The molecule has 4 fully saturated rings. The van der Waals surface area contributed by atoms with Crippen LogP contribution in [0.5, 0.6) is 0 Å². The molecule has 0 saturated heterocycles. The van der Waals surface area contributed by atoms with Gasteiger partial charge in [0, 0.05) is 0 Å². The van der Waals surface area contributed by atoms with Crippen LogP contribution < -0.4 is 0 Å². The molecular formula is C21H36O. The third kappa shape index (κ3) is 2.06. The van der Waals surface area contributed by atoms with Crippen molar-refractivity contribution in [2.24, 2.45) is 40.4 Å². The van der Waals surface area contributed by atoms with Crippen molar-refractivity contribution in [3.8, 4) is 0 Å². The van der Waals surface area contributed by atoms with Gasteiger partial charge < -0.3 is 5.11 Å². The zero-order valence-electron chi connectivity index (χ0n) is 15.0. The van der Waals surface area contributed by atoms with Crippen LogP contribution in [0.25, 0.3) is 0 Å². The number of rotatable bonds is 0. The van der Waals surface area contributed by atoms with Gasteiger partial charge in [-0.15, -0.1) is 0 Å². The van der Waals surface area contributed by atoms with Gasteiger partial charge in [-0.05, 0) is 98.2 Å². The second-order valence-corrected chi connectivity index (χ2v) is 9.96. The summed E-state index contributed by atoms with van der Waals surface area (Å²) in [5.41, 5.74) is 1.18. The molecule has 0 aromatic carbocycles. The number of fused-ring (bicyclic) bond motifs is 5. The molecule has 0 radical (unpaired) electrons. The van der Waals surface area contributed by atoms with Crippen LogP contribution >= 0.6 is 0 Å². The monoisotopic (exact) mass is 304 g/mol. The van der Waals surface area contributed by atoms with Crippen LogP contribution in [-0.2, 0) is 0 Å². The molecule has 8 atom stereocenters. The van der Waals surface area contributed by atoms with E-state index in [-0.39, 0.29) is 6.10 Å². The SMILES string of the molecule is CC1CC[C@H]2[C@H]3CCC[C@@H]4C[C@H](O)CC[C@]4(C)[C@H]3CC[C@]12C. The fourth-order valence-electron chi connectivity index (χ4n) is 7.70. The van der Waals surface area contributed by atoms with E-state index in [2.05, 4.69) is 20.8 Å². The Hall–Kier alpha value is -0.0400. The smallest absolute Gasteiger partial charge is 0.0543 e. The van der Waals surface area contributed by atoms with E-state index in [0.29, 0.717) is 10.8 Å². The fourth-order valence-corrected chi connectivity index (χ4v) is 7.70. The molecule has 126 valence electrons. The first kappa shape index (κ1) is 15.5. The van der Waals surface area contributed by atoms with Crippen molar-refractivity contribution in [1.29, 1.82) is 0 Å². The lowest BCUT2D eigenvalue weighted by atomic mass is 9.49. The van der Waals surface area contributed by atoms with E-state index < -0.39 is 0 Å². The zero-order chi connectivity index (χ0) is 15.5. The first-order valence-corrected chi connectivity index (χ1v) is 10.1. The summed E-state index contributed by atoms with van der Waals surface area (Å²) in [4.78, 5) is 0. The van der Waals surface area contributed by atoms with Crippen molar-refractivity contribution >= 4 is 0 Å². The summed E-state index contributed by atoms with van der Waals surface area (Å²) >= 11 is 0. The topological polar surface area (TPSA) is 20.2 Å². The van der Waals surface area contributed by atoms with Crippen LogP contribution in [0.15, 0.2) is 0 Å². The van der Waals surface area contributed by atoms with Crippen LogP contribution in [0.2, 0.25) is 0 Å². The summed E-state index contributed by atoms with van der Waals surface area (Å²) in [5, 5.41) is 10.2. The molecule has 0 aromatic rings. The van der Waals surface area contributed by atoms with Gasteiger partial charge in [0.25, 0.3) is 0 Å². The number of aliphatic hydroxyl groups is 1. The number of hydrogen-bond acceptors (Lipinski definition) is 1. The molecule has 4 saturated carbocycles. The lowest BCUT2D eigenvalue weighted by molar-refractivity contribution is -0.0824. The highest BCUT2D eigenvalue weighted by Crippen LogP contribution is 2.66. The van der Waals surface area contributed by atoms with Crippen molar-refractivity contribution in [1.82, 2.24) is 0 Å². The molecule has 4 aliphatic rings. The minimum atomic E-state index is -0.00464. The third-order valence-corrected chi connectivity index (χ3v) is 9.35. The van der Waals surface area contributed by atoms with Crippen molar-refractivity contribution in [2.75, 3.05) is 0 Å². The molecular weight excluding hydrogens is 268 g/mol. The Balaban J connectivity index is 1.65. The van der Waals surface area contributed by atoms with Gasteiger partial charge in [0.1, 0.15) is 0 Å². The standard InChI is InChI=1S/C21H36O/c1-14-7-8-18-17-6-4-5-15-13-16(22)9-11-21(15,3)19(17)10-12-20(14,18)2/h14-19,22H,4-13H2,1-3H3/t14?,15-,16-,17-,18+,19+,20-,21+/m1/s1. The molecule has 0 heterocycles. The predicted octanol–water partition coefficient (Wildman–Crippen LogP) is 5.42. The van der Waals surface area contributed by atoms with Crippen LogP contribution in [0.3, 0.4) is 0 Å². The Morgan fingerprint density at radius 2 is 1.55 bits per heavy atom. The molecule has 0 amide bonds. The summed E-state index contributed by atoms with van der Waals surface area (Å²) in [6.45, 7) is 7.77. The minimum Gasteiger partial charge on any atom is -0.393 e. The number of hydrogen-bond donors (Lipinski definition) is 1. The average Bonchev–Trinajstić information content (AvgIpc) is 2.70. The second kappa shape index (κ2) is 5.23. The average molecular weight is 305 g/mol. The van der Waals surface area contributed by atoms with Crippen LogP contribution in [0.4, 0.5) is 0 Å². The Labute approximate surface area is 137 Å². The Bertz CT molecular complexity index is 432. The van der Waals surface area contributed by atoms with Gasteiger partial charge in [0.05, 0.1) is 6.10 Å². The van der Waals surface area contributed by atoms with Gasteiger partial charge in [-0.2, -0.15) is 0 Å². The molecule has 22 heavy (non-hydrogen) atoms. The molecule has 1 unspecified atom stereocenters. The molecule has 4 rings (SSSR count). The van der Waals surface area contributed by atoms with E-state index in [9.17, 15) is 5.11 Å². The van der Waals surface area contributed by atoms with Gasteiger partial charge >= 0.3 is 0 Å². The highest BCUT2D eigenvalue weighted by Gasteiger charge is 2.58. The molecule has 0 spiro atoms. The van der Waals surface area contributed by atoms with E-state index >= 15 is 0 Å². The Kier molecular flexibility index (Phi) is 3.68. The largest absolute Gasteiger partial charge is 0.393 e. The molecule has 0 aliphatic heterocycles. The van der Waals surface area contributed by atoms with Crippen LogP contribution in [0, 0.1) is 40.4 Å². The Morgan fingerprint density at radius 1 is 0.818 bits per heavy atom. The number of aliphatic hydroxyl groups excluding tert-OH is 1. The maximum absolute atomic E-state index is 10.2. The molecule has 1 heteroatoms. The van der Waals surface area contributed by atoms with Gasteiger partial charge in [0.2, 0.25) is 0 Å². The third-order valence-electron chi connectivity index (χ3n) is 9.35. The normalized spacial score (nSPS) is 58.4. The zero-order valence-corrected chi connectivity index (χ0v) is 15.0. The summed E-state index contributed by atoms with van der Waals surface area (Å²) < 4.78 is 0. The molecule has 1 nitrogen and oxygen atoms in total. The first-order chi connectivity index (χ1) is 10.4. The fraction of sp³-hybridized carbons (Fsp3) is 1.00. The molecule has 1 N–H and O–H groups in total. The quantitative estimate of drug-likeness (QED) is 0.634. The second-order valence-electron chi connectivity index (χ2n) is 9.96.